The predicted molar refractivity (Wildman–Crippen MR) is 72.4 cm³/mol. The van der Waals surface area contributed by atoms with Crippen LogP contribution in [0, 0.1) is 5.92 Å². The molecule has 0 aromatic heterocycles. The number of rotatable bonds is 6. The Kier molecular flexibility index (Phi) is 6.33. The first-order chi connectivity index (χ1) is 8.54. The van der Waals surface area contributed by atoms with Gasteiger partial charge in [-0.15, -0.1) is 0 Å². The molecule has 0 atom stereocenters. The van der Waals surface area contributed by atoms with E-state index >= 15 is 0 Å². The van der Waals surface area contributed by atoms with Crippen LogP contribution in [0.1, 0.15) is 39.0 Å². The Labute approximate surface area is 110 Å². The summed E-state index contributed by atoms with van der Waals surface area (Å²) in [5.74, 6) is 0.624. The molecule has 4 nitrogen and oxygen atoms in total. The largest absolute Gasteiger partial charge is 0.348 e. The van der Waals surface area contributed by atoms with Gasteiger partial charge in [0, 0.05) is 20.0 Å². The van der Waals surface area contributed by atoms with E-state index in [1.54, 1.807) is 19.0 Å². The summed E-state index contributed by atoms with van der Waals surface area (Å²) in [5.41, 5.74) is 0. The Hall–Kier alpha value is -0.900. The minimum absolute atomic E-state index is 0.0632. The molecule has 104 valence electrons. The van der Waals surface area contributed by atoms with Gasteiger partial charge in [-0.1, -0.05) is 26.2 Å². The molecule has 1 amide bonds. The quantitative estimate of drug-likeness (QED) is 0.722. The highest BCUT2D eigenvalue weighted by Crippen LogP contribution is 2.24. The molecule has 0 saturated heterocycles. The van der Waals surface area contributed by atoms with Crippen LogP contribution in [0.25, 0.3) is 0 Å². The van der Waals surface area contributed by atoms with E-state index in [-0.39, 0.29) is 11.8 Å². The zero-order chi connectivity index (χ0) is 13.5. The third-order valence-corrected chi connectivity index (χ3v) is 3.74. The smallest absolute Gasteiger partial charge is 0.236 e. The highest BCUT2D eigenvalue weighted by molar-refractivity contribution is 5.84. The third kappa shape index (κ3) is 4.77. The van der Waals surface area contributed by atoms with Gasteiger partial charge in [0.25, 0.3) is 0 Å². The summed E-state index contributed by atoms with van der Waals surface area (Å²) in [4.78, 5) is 27.3. The van der Waals surface area contributed by atoms with Crippen molar-refractivity contribution in [3.05, 3.63) is 0 Å². The van der Waals surface area contributed by atoms with Crippen molar-refractivity contribution in [2.75, 3.05) is 33.7 Å². The fourth-order valence-corrected chi connectivity index (χ4v) is 2.39. The standard InChI is InChI=1S/C14H26N2O2/c1-4-16(11-14(18)15(2)3)10-13(17)12-8-6-5-7-9-12/h12H,4-11H2,1-3H3. The van der Waals surface area contributed by atoms with Gasteiger partial charge < -0.3 is 4.90 Å². The molecule has 1 aliphatic carbocycles. The number of hydrogen-bond acceptors (Lipinski definition) is 3. The Morgan fingerprint density at radius 2 is 1.67 bits per heavy atom. The molecule has 0 N–H and O–H groups in total. The maximum absolute atomic E-state index is 12.2. The molecule has 0 bridgehead atoms. The minimum Gasteiger partial charge on any atom is -0.348 e. The molecule has 1 rings (SSSR count). The van der Waals surface area contributed by atoms with Crippen LogP contribution in [-0.4, -0.2) is 55.2 Å². The van der Waals surface area contributed by atoms with E-state index in [9.17, 15) is 9.59 Å². The van der Waals surface area contributed by atoms with Crippen molar-refractivity contribution < 1.29 is 9.59 Å². The van der Waals surface area contributed by atoms with Crippen molar-refractivity contribution in [1.82, 2.24) is 9.80 Å². The highest BCUT2D eigenvalue weighted by atomic mass is 16.2. The second kappa shape index (κ2) is 7.52. The van der Waals surface area contributed by atoms with E-state index in [0.29, 0.717) is 18.9 Å². The normalized spacial score (nSPS) is 16.9. The highest BCUT2D eigenvalue weighted by Gasteiger charge is 2.23. The number of amides is 1. The summed E-state index contributed by atoms with van der Waals surface area (Å²) >= 11 is 0. The second-order valence-corrected chi connectivity index (χ2v) is 5.39. The van der Waals surface area contributed by atoms with Gasteiger partial charge in [0.1, 0.15) is 5.78 Å². The van der Waals surface area contributed by atoms with Crippen molar-refractivity contribution in [3.63, 3.8) is 0 Å². The van der Waals surface area contributed by atoms with E-state index in [2.05, 4.69) is 0 Å². The Morgan fingerprint density at radius 3 is 2.17 bits per heavy atom. The SMILES string of the molecule is CCN(CC(=O)C1CCCCC1)CC(=O)N(C)C. The van der Waals surface area contributed by atoms with E-state index in [4.69, 9.17) is 0 Å². The molecule has 0 unspecified atom stereocenters. The van der Waals surface area contributed by atoms with Crippen molar-refractivity contribution in [2.45, 2.75) is 39.0 Å². The van der Waals surface area contributed by atoms with Crippen molar-refractivity contribution in [2.24, 2.45) is 5.92 Å². The number of ketones is 1. The predicted octanol–water partition coefficient (Wildman–Crippen LogP) is 1.55. The number of Topliss-reactive ketones (excluding diaryl/α,β-unsaturated/α-hetero) is 1. The van der Waals surface area contributed by atoms with E-state index in [1.165, 1.54) is 19.3 Å². The first kappa shape index (κ1) is 15.2. The Morgan fingerprint density at radius 1 is 1.06 bits per heavy atom. The van der Waals surface area contributed by atoms with Gasteiger partial charge in [0.15, 0.2) is 0 Å². The van der Waals surface area contributed by atoms with Crippen molar-refractivity contribution in [3.8, 4) is 0 Å². The summed E-state index contributed by atoms with van der Waals surface area (Å²) in [7, 11) is 3.50. The van der Waals surface area contributed by atoms with Crippen LogP contribution < -0.4 is 0 Å². The topological polar surface area (TPSA) is 40.6 Å². The molecule has 1 saturated carbocycles. The minimum atomic E-state index is 0.0632. The molecular weight excluding hydrogens is 228 g/mol. The van der Waals surface area contributed by atoms with Gasteiger partial charge in [-0.25, -0.2) is 0 Å². The van der Waals surface area contributed by atoms with E-state index < -0.39 is 0 Å². The third-order valence-electron chi connectivity index (χ3n) is 3.74. The van der Waals surface area contributed by atoms with Crippen LogP contribution in [0.15, 0.2) is 0 Å². The fourth-order valence-electron chi connectivity index (χ4n) is 2.39. The summed E-state index contributed by atoms with van der Waals surface area (Å²) in [6, 6.07) is 0. The van der Waals surface area contributed by atoms with Crippen LogP contribution in [-0.2, 0) is 9.59 Å². The van der Waals surface area contributed by atoms with Crippen molar-refractivity contribution >= 4 is 11.7 Å². The second-order valence-electron chi connectivity index (χ2n) is 5.39. The molecule has 0 heterocycles. The van der Waals surface area contributed by atoms with Crippen LogP contribution >= 0.6 is 0 Å². The molecule has 0 aromatic carbocycles. The number of carbonyl (C=O) groups excluding carboxylic acids is 2. The summed E-state index contributed by atoms with van der Waals surface area (Å²) < 4.78 is 0. The number of carbonyl (C=O) groups is 2. The van der Waals surface area contributed by atoms with Gasteiger partial charge in [0.2, 0.25) is 5.91 Å². The van der Waals surface area contributed by atoms with Gasteiger partial charge in [-0.2, -0.15) is 0 Å². The maximum Gasteiger partial charge on any atom is 0.236 e. The van der Waals surface area contributed by atoms with Crippen LogP contribution in [0.2, 0.25) is 0 Å². The fraction of sp³-hybridized carbons (Fsp3) is 0.857. The molecule has 4 heteroatoms. The van der Waals surface area contributed by atoms with Gasteiger partial charge in [0.05, 0.1) is 13.1 Å². The van der Waals surface area contributed by atoms with Crippen LogP contribution in [0.5, 0.6) is 0 Å². The zero-order valence-corrected chi connectivity index (χ0v) is 11.9. The van der Waals surface area contributed by atoms with Crippen LogP contribution in [0.4, 0.5) is 0 Å². The Bertz CT molecular complexity index is 284. The van der Waals surface area contributed by atoms with Gasteiger partial charge in [-0.05, 0) is 19.4 Å². The molecular formula is C14H26N2O2. The summed E-state index contributed by atoms with van der Waals surface area (Å²) in [5, 5.41) is 0. The first-order valence-electron chi connectivity index (χ1n) is 6.99. The van der Waals surface area contributed by atoms with Gasteiger partial charge in [-0.3, -0.25) is 14.5 Å². The van der Waals surface area contributed by atoms with Gasteiger partial charge >= 0.3 is 0 Å². The maximum atomic E-state index is 12.2. The zero-order valence-electron chi connectivity index (χ0n) is 11.9. The molecule has 1 fully saturated rings. The first-order valence-corrected chi connectivity index (χ1v) is 6.99. The average Bonchev–Trinajstić information content (AvgIpc) is 2.38. The summed E-state index contributed by atoms with van der Waals surface area (Å²) in [6.45, 7) is 3.53. The molecule has 18 heavy (non-hydrogen) atoms. The lowest BCUT2D eigenvalue weighted by atomic mass is 9.86. The van der Waals surface area contributed by atoms with E-state index in [0.717, 1.165) is 19.4 Å². The van der Waals surface area contributed by atoms with Crippen LogP contribution in [0.3, 0.4) is 0 Å². The molecule has 0 spiro atoms. The number of likely N-dealkylation sites (N-methyl/N-ethyl adjacent to an activating group) is 2. The molecule has 1 aliphatic rings. The molecule has 0 aliphatic heterocycles. The number of nitrogens with zero attached hydrogens (tertiary/aromatic N) is 2. The van der Waals surface area contributed by atoms with E-state index in [1.807, 2.05) is 11.8 Å². The summed E-state index contributed by atoms with van der Waals surface area (Å²) in [6.07, 6.45) is 5.70. The lowest BCUT2D eigenvalue weighted by molar-refractivity contribution is -0.131. The van der Waals surface area contributed by atoms with Crippen molar-refractivity contribution in [1.29, 1.82) is 0 Å². The molecule has 0 aromatic rings. The Balaban J connectivity index is 2.41. The molecule has 0 radical (unpaired) electrons. The lowest BCUT2D eigenvalue weighted by Crippen LogP contribution is -2.40. The lowest BCUT2D eigenvalue weighted by Gasteiger charge is -2.25. The number of hydrogen-bond donors (Lipinski definition) is 0. The monoisotopic (exact) mass is 254 g/mol. The average molecular weight is 254 g/mol.